The van der Waals surface area contributed by atoms with Crippen molar-refractivity contribution in [3.63, 3.8) is 0 Å². The highest BCUT2D eigenvalue weighted by molar-refractivity contribution is 5.97. The second kappa shape index (κ2) is 9.65. The van der Waals surface area contributed by atoms with E-state index < -0.39 is 5.60 Å². The van der Waals surface area contributed by atoms with Gasteiger partial charge in [-0.1, -0.05) is 31.2 Å². The number of anilines is 3. The minimum atomic E-state index is -0.991. The van der Waals surface area contributed by atoms with E-state index >= 15 is 0 Å². The Morgan fingerprint density at radius 3 is 1.86 bits per heavy atom. The van der Waals surface area contributed by atoms with Crippen LogP contribution in [-0.2, 0) is 16.8 Å². The zero-order chi connectivity index (χ0) is 25.3. The molecule has 5 heteroatoms. The molecular weight excluding hydrogens is 434 g/mol. The normalized spacial score (nSPS) is 16.6. The van der Waals surface area contributed by atoms with Gasteiger partial charge in [0.15, 0.2) is 5.60 Å². The van der Waals surface area contributed by atoms with Gasteiger partial charge < -0.3 is 19.4 Å². The molecule has 0 N–H and O–H groups in total. The van der Waals surface area contributed by atoms with Gasteiger partial charge in [-0.3, -0.25) is 0 Å². The Morgan fingerprint density at radius 2 is 1.29 bits per heavy atom. The fourth-order valence-corrected chi connectivity index (χ4v) is 5.10. The molecule has 0 spiro atoms. The van der Waals surface area contributed by atoms with Crippen LogP contribution in [0.15, 0.2) is 60.7 Å². The summed E-state index contributed by atoms with van der Waals surface area (Å²) in [5.74, 6) is -0.282. The number of cyclic esters (lactones) is 1. The number of rotatable bonds is 8. The Kier molecular flexibility index (Phi) is 6.79. The summed E-state index contributed by atoms with van der Waals surface area (Å²) in [4.78, 5) is 19.8. The highest BCUT2D eigenvalue weighted by Crippen LogP contribution is 2.49. The smallest absolute Gasteiger partial charge is 0.340 e. The van der Waals surface area contributed by atoms with Gasteiger partial charge >= 0.3 is 5.97 Å². The van der Waals surface area contributed by atoms with Crippen molar-refractivity contribution in [3.8, 4) is 0 Å². The van der Waals surface area contributed by atoms with Gasteiger partial charge in [-0.25, -0.2) is 4.79 Å². The Labute approximate surface area is 209 Å². The third kappa shape index (κ3) is 4.13. The monoisotopic (exact) mass is 471 g/mol. The summed E-state index contributed by atoms with van der Waals surface area (Å²) in [6.45, 7) is 8.41. The van der Waals surface area contributed by atoms with Gasteiger partial charge in [0.2, 0.25) is 0 Å². The van der Waals surface area contributed by atoms with Gasteiger partial charge in [-0.2, -0.15) is 0 Å². The van der Waals surface area contributed by atoms with Crippen LogP contribution in [0.2, 0.25) is 0 Å². The van der Waals surface area contributed by atoms with E-state index in [0.29, 0.717) is 5.56 Å². The van der Waals surface area contributed by atoms with Crippen LogP contribution >= 0.6 is 0 Å². The Hall–Kier alpha value is -3.47. The van der Waals surface area contributed by atoms with E-state index in [0.717, 1.165) is 47.6 Å². The van der Waals surface area contributed by atoms with Crippen molar-refractivity contribution in [2.45, 2.75) is 32.8 Å². The summed E-state index contributed by atoms with van der Waals surface area (Å²) in [7, 11) is 8.02. The molecule has 3 aromatic carbocycles. The number of hydrogen-bond donors (Lipinski definition) is 0. The van der Waals surface area contributed by atoms with Gasteiger partial charge in [0.1, 0.15) is 0 Å². The van der Waals surface area contributed by atoms with Crippen LogP contribution in [0.3, 0.4) is 0 Å². The maximum Gasteiger partial charge on any atom is 0.340 e. The number of hydrogen-bond acceptors (Lipinski definition) is 5. The molecule has 3 aromatic rings. The minimum Gasteiger partial charge on any atom is -0.441 e. The van der Waals surface area contributed by atoms with Crippen molar-refractivity contribution in [2.24, 2.45) is 0 Å². The fraction of sp³-hybridized carbons (Fsp3) is 0.367. The van der Waals surface area contributed by atoms with Crippen LogP contribution in [0, 0.1) is 0 Å². The zero-order valence-electron chi connectivity index (χ0n) is 22.1. The van der Waals surface area contributed by atoms with Crippen LogP contribution in [-0.4, -0.2) is 47.2 Å². The van der Waals surface area contributed by atoms with E-state index in [1.165, 1.54) is 11.3 Å². The Balaban J connectivity index is 1.99. The van der Waals surface area contributed by atoms with Crippen LogP contribution in [0.5, 0.6) is 0 Å². The molecule has 184 valence electrons. The Bertz CT molecular complexity index is 1210. The molecule has 0 radical (unpaired) electrons. The SMILES string of the molecule is CCc1cc(N(CC)CC)ccc1C1(c2ccc(N(C)C)cc2)OC(=O)c2cc(N(C)C)ccc21. The number of benzene rings is 3. The van der Waals surface area contributed by atoms with E-state index in [4.69, 9.17) is 4.74 Å². The summed E-state index contributed by atoms with van der Waals surface area (Å²) in [5.41, 5.74) is 6.98. The predicted molar refractivity (Wildman–Crippen MR) is 146 cm³/mol. The molecular formula is C30H37N3O2. The van der Waals surface area contributed by atoms with Crippen molar-refractivity contribution < 1.29 is 9.53 Å². The highest BCUT2D eigenvalue weighted by Gasteiger charge is 2.49. The third-order valence-electron chi connectivity index (χ3n) is 7.13. The van der Waals surface area contributed by atoms with Crippen molar-refractivity contribution >= 4 is 23.0 Å². The summed E-state index contributed by atoms with van der Waals surface area (Å²) in [5, 5.41) is 0. The molecule has 5 nitrogen and oxygen atoms in total. The zero-order valence-corrected chi connectivity index (χ0v) is 22.1. The number of fused-ring (bicyclic) bond motifs is 1. The molecule has 4 rings (SSSR count). The lowest BCUT2D eigenvalue weighted by atomic mass is 9.77. The molecule has 0 aliphatic carbocycles. The van der Waals surface area contributed by atoms with Gasteiger partial charge in [-0.15, -0.1) is 0 Å². The number of esters is 1. The van der Waals surface area contributed by atoms with E-state index in [-0.39, 0.29) is 5.97 Å². The van der Waals surface area contributed by atoms with Crippen LogP contribution in [0.25, 0.3) is 0 Å². The molecule has 0 aromatic heterocycles. The molecule has 1 unspecified atom stereocenters. The second-order valence-corrected chi connectivity index (χ2v) is 9.50. The third-order valence-corrected chi connectivity index (χ3v) is 7.13. The summed E-state index contributed by atoms with van der Waals surface area (Å²) in [6.07, 6.45) is 0.838. The molecule has 1 heterocycles. The molecule has 1 aliphatic rings. The average molecular weight is 472 g/mol. The summed E-state index contributed by atoms with van der Waals surface area (Å²) < 4.78 is 6.44. The number of nitrogens with zero attached hydrogens (tertiary/aromatic N) is 3. The molecule has 1 aliphatic heterocycles. The van der Waals surface area contributed by atoms with Crippen LogP contribution < -0.4 is 14.7 Å². The second-order valence-electron chi connectivity index (χ2n) is 9.50. The number of aryl methyl sites for hydroxylation is 1. The first-order valence-corrected chi connectivity index (χ1v) is 12.5. The number of carbonyl (C=O) groups excluding carboxylic acids is 1. The maximum absolute atomic E-state index is 13.4. The van der Waals surface area contributed by atoms with Gasteiger partial charge in [0.05, 0.1) is 5.56 Å². The lowest BCUT2D eigenvalue weighted by Crippen LogP contribution is -2.31. The molecule has 0 saturated carbocycles. The minimum absolute atomic E-state index is 0.282. The number of ether oxygens (including phenoxy) is 1. The maximum atomic E-state index is 13.4. The summed E-state index contributed by atoms with van der Waals surface area (Å²) in [6, 6.07) is 21.0. The first-order chi connectivity index (χ1) is 16.8. The largest absolute Gasteiger partial charge is 0.441 e. The van der Waals surface area contributed by atoms with Crippen LogP contribution in [0.4, 0.5) is 17.1 Å². The molecule has 0 fully saturated rings. The molecule has 1 atom stereocenters. The van der Waals surface area contributed by atoms with Gasteiger partial charge in [0.25, 0.3) is 0 Å². The first kappa shape index (κ1) is 24.6. The lowest BCUT2D eigenvalue weighted by molar-refractivity contribution is 0.0249. The van der Waals surface area contributed by atoms with Gasteiger partial charge in [0, 0.05) is 75.0 Å². The van der Waals surface area contributed by atoms with Gasteiger partial charge in [-0.05, 0) is 62.2 Å². The van der Waals surface area contributed by atoms with E-state index in [9.17, 15) is 4.79 Å². The topological polar surface area (TPSA) is 36.0 Å². The van der Waals surface area contributed by atoms with Crippen molar-refractivity contribution in [1.82, 2.24) is 0 Å². The predicted octanol–water partition coefficient (Wildman–Crippen LogP) is 5.69. The summed E-state index contributed by atoms with van der Waals surface area (Å²) >= 11 is 0. The lowest BCUT2D eigenvalue weighted by Gasteiger charge is -2.33. The first-order valence-electron chi connectivity index (χ1n) is 12.5. The van der Waals surface area contributed by atoms with E-state index in [1.807, 2.05) is 39.2 Å². The standard InChI is InChI=1S/C30H37N3O2/c1-8-21-19-25(33(9-2)10-3)16-17-27(21)30(22-11-13-23(14-12-22)31(4)5)28-18-15-24(32(6)7)20-26(28)29(34)35-30/h11-20H,8-10H2,1-7H3. The molecule has 0 bridgehead atoms. The molecule has 0 saturated heterocycles. The molecule has 35 heavy (non-hydrogen) atoms. The van der Waals surface area contributed by atoms with E-state index in [1.54, 1.807) is 0 Å². The van der Waals surface area contributed by atoms with E-state index in [2.05, 4.69) is 85.2 Å². The number of carbonyl (C=O) groups is 1. The quantitative estimate of drug-likeness (QED) is 0.395. The van der Waals surface area contributed by atoms with Crippen LogP contribution in [0.1, 0.15) is 53.4 Å². The highest BCUT2D eigenvalue weighted by atomic mass is 16.6. The fourth-order valence-electron chi connectivity index (χ4n) is 5.10. The average Bonchev–Trinajstić information content (AvgIpc) is 3.17. The molecule has 0 amide bonds. The van der Waals surface area contributed by atoms with Crippen molar-refractivity contribution in [1.29, 1.82) is 0 Å². The van der Waals surface area contributed by atoms with Crippen molar-refractivity contribution in [2.75, 3.05) is 56.0 Å². The Morgan fingerprint density at radius 1 is 0.714 bits per heavy atom. The van der Waals surface area contributed by atoms with Crippen molar-refractivity contribution in [3.05, 3.63) is 88.5 Å².